The molecule has 0 heterocycles. The van der Waals surface area contributed by atoms with Crippen molar-refractivity contribution in [1.29, 1.82) is 0 Å². The van der Waals surface area contributed by atoms with Gasteiger partial charge >= 0.3 is 0 Å². The van der Waals surface area contributed by atoms with Gasteiger partial charge < -0.3 is 5.73 Å². The summed E-state index contributed by atoms with van der Waals surface area (Å²) in [5, 5.41) is 0. The summed E-state index contributed by atoms with van der Waals surface area (Å²) in [6.45, 7) is 7.33. The van der Waals surface area contributed by atoms with E-state index in [0.29, 0.717) is 18.2 Å². The summed E-state index contributed by atoms with van der Waals surface area (Å²) >= 11 is 0. The molecular formula is C44H39N3. The number of nitrogens with zero attached hydrogens (tertiary/aromatic N) is 2. The Hall–Kier alpha value is -5.54. The van der Waals surface area contributed by atoms with E-state index >= 15 is 0 Å². The van der Waals surface area contributed by atoms with Crippen molar-refractivity contribution in [3.8, 4) is 11.1 Å². The average molecular weight is 610 g/mol. The van der Waals surface area contributed by atoms with Crippen LogP contribution >= 0.6 is 0 Å². The molecule has 1 aliphatic rings. The number of benzene rings is 6. The highest BCUT2D eigenvalue weighted by atomic mass is 15.0. The lowest BCUT2D eigenvalue weighted by atomic mass is 9.67. The first kappa shape index (κ1) is 30.1. The van der Waals surface area contributed by atoms with Crippen LogP contribution < -0.4 is 5.73 Å². The highest BCUT2D eigenvalue weighted by Crippen LogP contribution is 2.56. The summed E-state index contributed by atoms with van der Waals surface area (Å²) in [6.07, 6.45) is 0. The Morgan fingerprint density at radius 2 is 1.06 bits per heavy atom. The summed E-state index contributed by atoms with van der Waals surface area (Å²) in [5.74, 6) is 1.06. The van der Waals surface area contributed by atoms with Gasteiger partial charge in [0.25, 0.3) is 0 Å². The molecule has 2 N–H and O–H groups in total. The maximum atomic E-state index is 6.50. The van der Waals surface area contributed by atoms with E-state index < -0.39 is 5.41 Å². The van der Waals surface area contributed by atoms with Gasteiger partial charge in [-0.3, -0.25) is 4.99 Å². The second-order valence-electron chi connectivity index (χ2n) is 13.2. The zero-order valence-corrected chi connectivity index (χ0v) is 27.2. The van der Waals surface area contributed by atoms with Crippen LogP contribution in [0.4, 0.5) is 0 Å². The van der Waals surface area contributed by atoms with Crippen LogP contribution in [-0.4, -0.2) is 11.7 Å². The number of fused-ring (bicyclic) bond motifs is 3. The Kier molecular flexibility index (Phi) is 7.91. The minimum atomic E-state index is -0.480. The van der Waals surface area contributed by atoms with Gasteiger partial charge in [-0.1, -0.05) is 178 Å². The molecule has 0 fully saturated rings. The number of nitrogens with two attached hydrogens (primary N) is 1. The number of hydrogen-bond acceptors (Lipinski definition) is 1. The summed E-state index contributed by atoms with van der Waals surface area (Å²) in [5.41, 5.74) is 17.9. The highest BCUT2D eigenvalue weighted by Gasteiger charge is 2.46. The molecule has 0 saturated carbocycles. The van der Waals surface area contributed by atoms with Gasteiger partial charge in [0.15, 0.2) is 5.84 Å². The molecule has 0 atom stereocenters. The van der Waals surface area contributed by atoms with Crippen molar-refractivity contribution in [3.63, 3.8) is 0 Å². The van der Waals surface area contributed by atoms with Crippen LogP contribution in [0, 0.1) is 0 Å². The van der Waals surface area contributed by atoms with Crippen LogP contribution in [0.1, 0.15) is 65.3 Å². The van der Waals surface area contributed by atoms with E-state index in [2.05, 4.69) is 118 Å². The molecule has 3 nitrogen and oxygen atoms in total. The van der Waals surface area contributed by atoms with Gasteiger partial charge in [0.1, 0.15) is 5.84 Å². The smallest absolute Gasteiger partial charge is 0.157 e. The highest BCUT2D eigenvalue weighted by molar-refractivity contribution is 6.10. The molecule has 3 heteroatoms. The molecule has 0 saturated heterocycles. The van der Waals surface area contributed by atoms with Crippen LogP contribution in [0.15, 0.2) is 168 Å². The van der Waals surface area contributed by atoms with Crippen LogP contribution in [0.5, 0.6) is 0 Å². The molecular weight excluding hydrogens is 571 g/mol. The lowest BCUT2D eigenvalue weighted by molar-refractivity contribution is 0.588. The quantitative estimate of drug-likeness (QED) is 0.148. The second-order valence-corrected chi connectivity index (χ2v) is 13.2. The summed E-state index contributed by atoms with van der Waals surface area (Å²) in [7, 11) is 0. The van der Waals surface area contributed by atoms with Gasteiger partial charge in [-0.05, 0) is 49.9 Å². The van der Waals surface area contributed by atoms with Crippen LogP contribution in [0.3, 0.4) is 0 Å². The maximum absolute atomic E-state index is 6.50. The van der Waals surface area contributed by atoms with E-state index in [0.717, 1.165) is 16.7 Å². The molecule has 0 aliphatic heterocycles. The molecule has 0 radical (unpaired) electrons. The third-order valence-electron chi connectivity index (χ3n) is 9.22. The number of amidine groups is 2. The maximum Gasteiger partial charge on any atom is 0.157 e. The molecule has 6 aromatic carbocycles. The van der Waals surface area contributed by atoms with Gasteiger partial charge in [-0.2, -0.15) is 0 Å². The van der Waals surface area contributed by atoms with Gasteiger partial charge in [-0.25, -0.2) is 4.99 Å². The van der Waals surface area contributed by atoms with Crippen LogP contribution in [0.25, 0.3) is 11.1 Å². The zero-order chi connectivity index (χ0) is 32.4. The first-order valence-electron chi connectivity index (χ1n) is 16.2. The fraction of sp³-hybridized carbons (Fsp3) is 0.136. The van der Waals surface area contributed by atoms with Crippen molar-refractivity contribution in [2.75, 3.05) is 0 Å². The van der Waals surface area contributed by atoms with Crippen LogP contribution in [-0.2, 0) is 17.4 Å². The van der Waals surface area contributed by atoms with Crippen molar-refractivity contribution < 1.29 is 0 Å². The minimum Gasteiger partial charge on any atom is -0.383 e. The topological polar surface area (TPSA) is 50.7 Å². The Balaban J connectivity index is 1.41. The molecule has 1 aliphatic carbocycles. The largest absolute Gasteiger partial charge is 0.383 e. The molecule has 47 heavy (non-hydrogen) atoms. The Morgan fingerprint density at radius 3 is 1.62 bits per heavy atom. The lowest BCUT2D eigenvalue weighted by Gasteiger charge is -2.35. The molecule has 230 valence electrons. The molecule has 0 bridgehead atoms. The van der Waals surface area contributed by atoms with Crippen molar-refractivity contribution in [2.45, 2.75) is 38.1 Å². The molecule has 0 unspecified atom stereocenters. The fourth-order valence-corrected chi connectivity index (χ4v) is 6.83. The van der Waals surface area contributed by atoms with E-state index in [9.17, 15) is 0 Å². The normalized spacial score (nSPS) is 14.0. The van der Waals surface area contributed by atoms with Crippen LogP contribution in [0.2, 0.25) is 0 Å². The van der Waals surface area contributed by atoms with E-state index in [1.165, 1.54) is 38.9 Å². The van der Waals surface area contributed by atoms with Gasteiger partial charge in [0, 0.05) is 11.1 Å². The van der Waals surface area contributed by atoms with Gasteiger partial charge in [-0.15, -0.1) is 0 Å². The molecule has 6 aromatic rings. The second kappa shape index (κ2) is 12.3. The average Bonchev–Trinajstić information content (AvgIpc) is 3.41. The molecule has 0 aromatic heterocycles. The lowest BCUT2D eigenvalue weighted by Crippen LogP contribution is -2.29. The van der Waals surface area contributed by atoms with Gasteiger partial charge in [0.2, 0.25) is 0 Å². The number of rotatable bonds is 6. The first-order valence-corrected chi connectivity index (χ1v) is 16.2. The fourth-order valence-electron chi connectivity index (χ4n) is 6.83. The monoisotopic (exact) mass is 609 g/mol. The van der Waals surface area contributed by atoms with Gasteiger partial charge in [0.05, 0.1) is 12.0 Å². The molecule has 0 spiro atoms. The standard InChI is InChI=1S/C44H39N3/c1-43(2,3)36-25-27-38-37-26-24-31(30-46-42(33-18-10-5-11-19-33)47-41(45)32-16-8-4-9-17-32)28-39(37)44(40(38)29-36,34-20-12-6-13-21-34)35-22-14-7-15-23-35/h4-29H,30H2,1-3H3,(H2,45,46,47). The summed E-state index contributed by atoms with van der Waals surface area (Å²) in [4.78, 5) is 9.93. The Morgan fingerprint density at radius 1 is 0.574 bits per heavy atom. The third kappa shape index (κ3) is 5.59. The predicted octanol–water partition coefficient (Wildman–Crippen LogP) is 9.70. The van der Waals surface area contributed by atoms with Crippen molar-refractivity contribution >= 4 is 11.7 Å². The number of hydrogen-bond donors (Lipinski definition) is 1. The Labute approximate surface area is 278 Å². The van der Waals surface area contributed by atoms with E-state index in [1.54, 1.807) is 0 Å². The first-order chi connectivity index (χ1) is 22.9. The number of aliphatic imine (C=N–C) groups is 2. The zero-order valence-electron chi connectivity index (χ0n) is 27.2. The van der Waals surface area contributed by atoms with Crippen molar-refractivity contribution in [2.24, 2.45) is 15.7 Å². The van der Waals surface area contributed by atoms with E-state index in [4.69, 9.17) is 15.7 Å². The Bertz CT molecular complexity index is 2030. The third-order valence-corrected chi connectivity index (χ3v) is 9.22. The van der Waals surface area contributed by atoms with E-state index in [-0.39, 0.29) is 5.41 Å². The summed E-state index contributed by atoms with van der Waals surface area (Å²) in [6, 6.07) is 55.8. The predicted molar refractivity (Wildman–Crippen MR) is 196 cm³/mol. The SMILES string of the molecule is CC(C)(C)c1ccc2c(c1)C(c1ccccc1)(c1ccccc1)c1cc(C/N=C(\N=C(/N)c3ccccc3)c3ccccc3)ccc1-2. The minimum absolute atomic E-state index is 0.0126. The molecule has 7 rings (SSSR count). The van der Waals surface area contributed by atoms with E-state index in [1.807, 2.05) is 60.7 Å². The van der Waals surface area contributed by atoms with Crippen molar-refractivity contribution in [3.05, 3.63) is 202 Å². The molecule has 0 amide bonds. The van der Waals surface area contributed by atoms with Crippen molar-refractivity contribution in [1.82, 2.24) is 0 Å². The summed E-state index contributed by atoms with van der Waals surface area (Å²) < 4.78 is 0.